The van der Waals surface area contributed by atoms with Gasteiger partial charge in [0, 0.05) is 52.9 Å². The van der Waals surface area contributed by atoms with E-state index in [0.29, 0.717) is 54.8 Å². The summed E-state index contributed by atoms with van der Waals surface area (Å²) in [5.74, 6) is -0.0435. The van der Waals surface area contributed by atoms with Gasteiger partial charge in [0.05, 0.1) is 77.4 Å². The van der Waals surface area contributed by atoms with Crippen LogP contribution in [0.15, 0.2) is 69.6 Å². The third-order valence-corrected chi connectivity index (χ3v) is 12.6. The smallest absolute Gasteiger partial charge is 0.203 e. The van der Waals surface area contributed by atoms with Gasteiger partial charge in [-0.3, -0.25) is 0 Å². The molecular formula is C41H56N2O14S3-2. The SMILES string of the molecule is CC[N+](CCCS(=O)(=O)[O-])=c1ccc2c(C(C)(C)C)cc(/C=C/C=C3/N(CCOCCOCCOCCO)c4ccc(S(=O)(=O)[O-])cc4C3(C)CCCS(=O)(=O)[O-])oc-2c1. The summed E-state index contributed by atoms with van der Waals surface area (Å²) in [6, 6.07) is 11.8. The van der Waals surface area contributed by atoms with Crippen LogP contribution in [0.3, 0.4) is 0 Å². The average Bonchev–Trinajstić information content (AvgIpc) is 3.37. The minimum absolute atomic E-state index is 0.0420. The molecule has 0 saturated carbocycles. The van der Waals surface area contributed by atoms with Crippen LogP contribution in [0.5, 0.6) is 0 Å². The molecule has 19 heteroatoms. The summed E-state index contributed by atoms with van der Waals surface area (Å²) in [7, 11) is -13.8. The molecule has 1 aromatic rings. The summed E-state index contributed by atoms with van der Waals surface area (Å²) >= 11 is 0. The third-order valence-electron chi connectivity index (χ3n) is 10.2. The molecule has 60 heavy (non-hydrogen) atoms. The second kappa shape index (κ2) is 21.0. The molecule has 0 radical (unpaired) electrons. The van der Waals surface area contributed by atoms with Gasteiger partial charge in [-0.15, -0.1) is 0 Å². The number of rotatable bonds is 23. The van der Waals surface area contributed by atoms with E-state index in [1.54, 1.807) is 12.2 Å². The standard InChI is InChI=1S/C41H58N2O14S3/c1-6-42(17-9-27-59(48,49)50)31-12-14-34-35(40(2,3)4)29-32(57-38(34)28-31)10-7-11-39-41(5,16-8-26-58(45,46)47)36-30-33(60(51,52)53)13-15-37(36)43(39)18-20-54-22-24-56-25-23-55-21-19-44/h7,10-15,28-30,44H,6,8-9,16-27H2,1-5H3,(H2-,45,46,47,48,49,50,51,52,53)/p-2. The van der Waals surface area contributed by atoms with E-state index in [-0.39, 0.29) is 64.3 Å². The zero-order valence-corrected chi connectivity index (χ0v) is 37.2. The first-order chi connectivity index (χ1) is 28.1. The number of nitrogens with zero attached hydrogens (tertiary/aromatic N) is 2. The Balaban J connectivity index is 1.76. The minimum Gasteiger partial charge on any atom is -0.748 e. The molecule has 0 aromatic heterocycles. The predicted molar refractivity (Wildman–Crippen MR) is 223 cm³/mol. The number of hydrogen-bond acceptors (Lipinski definition) is 15. The van der Waals surface area contributed by atoms with Crippen LogP contribution in [0.1, 0.15) is 70.8 Å². The lowest BCUT2D eigenvalue weighted by atomic mass is 9.77. The monoisotopic (exact) mass is 896 g/mol. The zero-order chi connectivity index (χ0) is 44.4. The van der Waals surface area contributed by atoms with E-state index in [2.05, 4.69) is 20.8 Å². The maximum atomic E-state index is 12.2. The van der Waals surface area contributed by atoms with Gasteiger partial charge in [-0.05, 0) is 85.7 Å². The van der Waals surface area contributed by atoms with Crippen molar-refractivity contribution in [3.05, 3.63) is 82.6 Å². The average molecular weight is 897 g/mol. The number of fused-ring (bicyclic) bond motifs is 2. The van der Waals surface area contributed by atoms with Crippen LogP contribution < -0.4 is 14.8 Å². The van der Waals surface area contributed by atoms with Gasteiger partial charge in [0.15, 0.2) is 0 Å². The van der Waals surface area contributed by atoms with Crippen LogP contribution in [-0.4, -0.2) is 121 Å². The lowest BCUT2D eigenvalue weighted by Crippen LogP contribution is -2.31. The molecule has 2 heterocycles. The maximum absolute atomic E-state index is 12.2. The fourth-order valence-corrected chi connectivity index (χ4v) is 8.76. The molecule has 16 nitrogen and oxygen atoms in total. The lowest BCUT2D eigenvalue weighted by molar-refractivity contribution is 0.00882. The van der Waals surface area contributed by atoms with Gasteiger partial charge in [-0.1, -0.05) is 26.8 Å². The fraction of sp³-hybridized carbons (Fsp3) is 0.537. The minimum atomic E-state index is -4.86. The first kappa shape index (κ1) is 49.2. The number of hydrogen-bond donors (Lipinski definition) is 1. The van der Waals surface area contributed by atoms with E-state index in [4.69, 9.17) is 23.7 Å². The number of aliphatic hydroxyl groups is 1. The molecule has 0 saturated heterocycles. The Morgan fingerprint density at radius 2 is 1.48 bits per heavy atom. The first-order valence-electron chi connectivity index (χ1n) is 19.7. The highest BCUT2D eigenvalue weighted by atomic mass is 32.2. The van der Waals surface area contributed by atoms with E-state index in [9.17, 15) is 38.9 Å². The van der Waals surface area contributed by atoms with E-state index < -0.39 is 52.2 Å². The Kier molecular flexibility index (Phi) is 17.2. The molecule has 1 unspecified atom stereocenters. The van der Waals surface area contributed by atoms with Gasteiger partial charge in [0.2, 0.25) is 5.36 Å². The third kappa shape index (κ3) is 14.0. The predicted octanol–water partition coefficient (Wildman–Crippen LogP) is 3.36. The molecule has 0 fully saturated rings. The van der Waals surface area contributed by atoms with E-state index in [1.807, 2.05) is 53.7 Å². The van der Waals surface area contributed by atoms with E-state index in [0.717, 1.165) is 16.5 Å². The maximum Gasteiger partial charge on any atom is 0.203 e. The largest absolute Gasteiger partial charge is 0.748 e. The number of benzene rings is 2. The first-order valence-corrected chi connectivity index (χ1v) is 24.3. The van der Waals surface area contributed by atoms with Crippen molar-refractivity contribution in [1.82, 2.24) is 4.58 Å². The molecule has 0 bridgehead atoms. The number of ether oxygens (including phenoxy) is 3. The highest BCUT2D eigenvalue weighted by Crippen LogP contribution is 2.51. The quantitative estimate of drug-likeness (QED) is 0.0816. The van der Waals surface area contributed by atoms with Crippen LogP contribution in [-0.2, 0) is 55.4 Å². The summed E-state index contributed by atoms with van der Waals surface area (Å²) in [5, 5.41) is 9.62. The topological polar surface area (TPSA) is 239 Å². The van der Waals surface area contributed by atoms with Gasteiger partial charge < -0.3 is 42.3 Å². The molecule has 4 rings (SSSR count). The molecule has 0 spiro atoms. The van der Waals surface area contributed by atoms with Gasteiger partial charge >= 0.3 is 0 Å². The number of allylic oxidation sites excluding steroid dienone is 3. The van der Waals surface area contributed by atoms with Gasteiger partial charge in [0.25, 0.3) is 0 Å². The van der Waals surface area contributed by atoms with Crippen LogP contribution in [0.4, 0.5) is 5.69 Å². The van der Waals surface area contributed by atoms with E-state index >= 15 is 0 Å². The van der Waals surface area contributed by atoms with Crippen LogP contribution >= 0.6 is 0 Å². The van der Waals surface area contributed by atoms with Gasteiger partial charge in [-0.25, -0.2) is 29.8 Å². The summed E-state index contributed by atoms with van der Waals surface area (Å²) < 4.78 is 130. The molecule has 2 aliphatic heterocycles. The molecule has 1 N–H and O–H groups in total. The van der Waals surface area contributed by atoms with Crippen molar-refractivity contribution in [2.24, 2.45) is 0 Å². The van der Waals surface area contributed by atoms with Crippen LogP contribution in [0, 0.1) is 0 Å². The number of anilines is 1. The molecule has 1 aliphatic carbocycles. The molecule has 1 aromatic carbocycles. The van der Waals surface area contributed by atoms with Crippen molar-refractivity contribution in [3.8, 4) is 11.3 Å². The summed E-state index contributed by atoms with van der Waals surface area (Å²) in [6.45, 7) is 12.7. The summed E-state index contributed by atoms with van der Waals surface area (Å²) in [6.07, 6.45) is 5.59. The lowest BCUT2D eigenvalue weighted by Gasteiger charge is -2.30. The molecular weight excluding hydrogens is 841 g/mol. The molecule has 1 atom stereocenters. The van der Waals surface area contributed by atoms with Crippen LogP contribution in [0.2, 0.25) is 0 Å². The highest BCUT2D eigenvalue weighted by Gasteiger charge is 2.43. The Morgan fingerprint density at radius 3 is 2.08 bits per heavy atom. The second-order valence-corrected chi connectivity index (χ2v) is 20.1. The fourth-order valence-electron chi connectivity index (χ4n) is 7.29. The van der Waals surface area contributed by atoms with Gasteiger partial charge in [-0.2, -0.15) is 0 Å². The van der Waals surface area contributed by atoms with Crippen molar-refractivity contribution in [2.75, 3.05) is 82.3 Å². The molecule has 0 amide bonds. The highest BCUT2D eigenvalue weighted by molar-refractivity contribution is 7.86. The molecule has 334 valence electrons. The van der Waals surface area contributed by atoms with Crippen molar-refractivity contribution < 1.29 is 62.6 Å². The Hall–Kier alpha value is -3.50. The second-order valence-electron chi connectivity index (χ2n) is 15.6. The number of aliphatic hydroxyl groups excluding tert-OH is 1. The van der Waals surface area contributed by atoms with Crippen molar-refractivity contribution in [3.63, 3.8) is 0 Å². The summed E-state index contributed by atoms with van der Waals surface area (Å²) in [5.41, 5.74) is 2.20. The van der Waals surface area contributed by atoms with Crippen molar-refractivity contribution >= 4 is 42.1 Å². The zero-order valence-electron chi connectivity index (χ0n) is 34.8. The Labute approximate surface area is 353 Å². The van der Waals surface area contributed by atoms with E-state index in [1.165, 1.54) is 18.2 Å². The molecule has 3 aliphatic rings. The Morgan fingerprint density at radius 1 is 0.850 bits per heavy atom. The van der Waals surface area contributed by atoms with Crippen molar-refractivity contribution in [2.45, 2.75) is 69.6 Å². The normalized spacial score (nSPS) is 17.6. The van der Waals surface area contributed by atoms with Crippen LogP contribution in [0.25, 0.3) is 17.4 Å². The Bertz CT molecular complexity index is 2370. The van der Waals surface area contributed by atoms with Crippen molar-refractivity contribution in [1.29, 1.82) is 0 Å². The summed E-state index contributed by atoms with van der Waals surface area (Å²) in [4.78, 5) is 1.47. The van der Waals surface area contributed by atoms with Gasteiger partial charge in [0.1, 0.15) is 34.7 Å².